The van der Waals surface area contributed by atoms with E-state index in [4.69, 9.17) is 14.9 Å². The van der Waals surface area contributed by atoms with Gasteiger partial charge in [-0.15, -0.1) is 0 Å². The summed E-state index contributed by atoms with van der Waals surface area (Å²) in [6.45, 7) is 1.03. The molecule has 0 bridgehead atoms. The van der Waals surface area contributed by atoms with Crippen LogP contribution in [0.25, 0.3) is 0 Å². The number of carbonyl (C=O) groups is 3. The molecule has 2 N–H and O–H groups in total. The summed E-state index contributed by atoms with van der Waals surface area (Å²) in [7, 11) is 0. The lowest BCUT2D eigenvalue weighted by atomic mass is 9.85. The summed E-state index contributed by atoms with van der Waals surface area (Å²) in [5.74, 6) is -4.30. The highest BCUT2D eigenvalue weighted by atomic mass is 16.5. The smallest absolute Gasteiger partial charge is 0.309 e. The predicted molar refractivity (Wildman–Crippen MR) is 71.7 cm³/mol. The number of carbonyl (C=O) groups excluding carboxylic acids is 1. The van der Waals surface area contributed by atoms with Gasteiger partial charge in [0, 0.05) is 26.1 Å². The summed E-state index contributed by atoms with van der Waals surface area (Å²) in [5.41, 5.74) is 0. The number of rotatable bonds is 5. The SMILES string of the molecule is O=C(O)C1CCN(C(=O)CCC2CCCO2)CC1C(=O)O. The number of amides is 1. The van der Waals surface area contributed by atoms with Crippen molar-refractivity contribution in [3.05, 3.63) is 0 Å². The highest BCUT2D eigenvalue weighted by Gasteiger charge is 2.40. The van der Waals surface area contributed by atoms with E-state index in [1.54, 1.807) is 0 Å². The van der Waals surface area contributed by atoms with Crippen molar-refractivity contribution in [1.82, 2.24) is 4.90 Å². The zero-order valence-corrected chi connectivity index (χ0v) is 11.9. The van der Waals surface area contributed by atoms with Gasteiger partial charge in [0.2, 0.25) is 5.91 Å². The maximum atomic E-state index is 12.1. The van der Waals surface area contributed by atoms with E-state index in [0.717, 1.165) is 19.4 Å². The first-order valence-electron chi connectivity index (χ1n) is 7.34. The fourth-order valence-electron chi connectivity index (χ4n) is 3.04. The van der Waals surface area contributed by atoms with E-state index in [9.17, 15) is 14.4 Å². The van der Waals surface area contributed by atoms with Gasteiger partial charge >= 0.3 is 11.9 Å². The molecule has 3 unspecified atom stereocenters. The van der Waals surface area contributed by atoms with Crippen LogP contribution in [0.3, 0.4) is 0 Å². The Morgan fingerprint density at radius 3 is 2.38 bits per heavy atom. The molecule has 2 saturated heterocycles. The van der Waals surface area contributed by atoms with E-state index in [1.807, 2.05) is 0 Å². The van der Waals surface area contributed by atoms with Gasteiger partial charge in [0.15, 0.2) is 0 Å². The van der Waals surface area contributed by atoms with Crippen molar-refractivity contribution >= 4 is 17.8 Å². The molecule has 2 heterocycles. The molecule has 2 rings (SSSR count). The summed E-state index contributed by atoms with van der Waals surface area (Å²) in [6.07, 6.45) is 3.28. The lowest BCUT2D eigenvalue weighted by molar-refractivity contribution is -0.159. The molecule has 0 aromatic carbocycles. The largest absolute Gasteiger partial charge is 0.481 e. The molecule has 7 heteroatoms. The normalized spacial score (nSPS) is 29.3. The molecule has 0 aromatic rings. The Labute approximate surface area is 122 Å². The molecule has 2 aliphatic rings. The van der Waals surface area contributed by atoms with E-state index >= 15 is 0 Å². The fraction of sp³-hybridized carbons (Fsp3) is 0.786. The third-order valence-electron chi connectivity index (χ3n) is 4.30. The zero-order valence-electron chi connectivity index (χ0n) is 11.9. The number of ether oxygens (including phenoxy) is 1. The van der Waals surface area contributed by atoms with Gasteiger partial charge in [-0.25, -0.2) is 0 Å². The Bertz CT molecular complexity index is 418. The molecule has 2 aliphatic heterocycles. The molecule has 0 aliphatic carbocycles. The van der Waals surface area contributed by atoms with Gasteiger partial charge in [0.05, 0.1) is 17.9 Å². The maximum absolute atomic E-state index is 12.1. The average molecular weight is 299 g/mol. The van der Waals surface area contributed by atoms with Crippen LogP contribution in [-0.4, -0.2) is 58.8 Å². The molecule has 7 nitrogen and oxygen atoms in total. The Morgan fingerprint density at radius 2 is 1.81 bits per heavy atom. The third kappa shape index (κ3) is 3.93. The van der Waals surface area contributed by atoms with Gasteiger partial charge in [-0.1, -0.05) is 0 Å². The van der Waals surface area contributed by atoms with Crippen molar-refractivity contribution in [2.24, 2.45) is 11.8 Å². The summed E-state index contributed by atoms with van der Waals surface area (Å²) in [4.78, 5) is 35.9. The van der Waals surface area contributed by atoms with Crippen LogP contribution in [0.4, 0.5) is 0 Å². The second-order valence-electron chi connectivity index (χ2n) is 5.69. The number of nitrogens with zero attached hydrogens (tertiary/aromatic N) is 1. The molecular weight excluding hydrogens is 278 g/mol. The lowest BCUT2D eigenvalue weighted by Gasteiger charge is -2.34. The highest BCUT2D eigenvalue weighted by Crippen LogP contribution is 2.25. The number of hydrogen-bond acceptors (Lipinski definition) is 4. The molecule has 21 heavy (non-hydrogen) atoms. The topological polar surface area (TPSA) is 104 Å². The molecule has 2 fully saturated rings. The first-order chi connectivity index (χ1) is 9.99. The van der Waals surface area contributed by atoms with Crippen molar-refractivity contribution < 1.29 is 29.3 Å². The fourth-order valence-corrected chi connectivity index (χ4v) is 3.04. The molecule has 0 radical (unpaired) electrons. The van der Waals surface area contributed by atoms with Crippen LogP contribution >= 0.6 is 0 Å². The van der Waals surface area contributed by atoms with Crippen LogP contribution in [0.15, 0.2) is 0 Å². The minimum atomic E-state index is -1.15. The Balaban J connectivity index is 1.87. The van der Waals surface area contributed by atoms with E-state index in [0.29, 0.717) is 19.4 Å². The van der Waals surface area contributed by atoms with Gasteiger partial charge in [0.25, 0.3) is 0 Å². The minimum Gasteiger partial charge on any atom is -0.481 e. The van der Waals surface area contributed by atoms with Gasteiger partial charge < -0.3 is 19.8 Å². The second-order valence-corrected chi connectivity index (χ2v) is 5.69. The number of hydrogen-bond donors (Lipinski definition) is 2. The minimum absolute atomic E-state index is 0.0172. The van der Waals surface area contributed by atoms with Gasteiger partial charge in [-0.3, -0.25) is 14.4 Å². The van der Waals surface area contributed by atoms with Crippen molar-refractivity contribution in [3.63, 3.8) is 0 Å². The Hall–Kier alpha value is -1.63. The summed E-state index contributed by atoms with van der Waals surface area (Å²) < 4.78 is 5.46. The molecule has 0 saturated carbocycles. The second kappa shape index (κ2) is 6.89. The first-order valence-corrected chi connectivity index (χ1v) is 7.34. The summed E-state index contributed by atoms with van der Waals surface area (Å²) in [6, 6.07) is 0. The number of likely N-dealkylation sites (tertiary alicyclic amines) is 1. The van der Waals surface area contributed by atoms with E-state index in [2.05, 4.69) is 0 Å². The number of aliphatic carboxylic acids is 2. The molecule has 1 amide bonds. The van der Waals surface area contributed by atoms with E-state index < -0.39 is 23.8 Å². The zero-order chi connectivity index (χ0) is 15.4. The molecule has 3 atom stereocenters. The summed E-state index contributed by atoms with van der Waals surface area (Å²) in [5, 5.41) is 18.2. The van der Waals surface area contributed by atoms with Gasteiger partial charge in [0.1, 0.15) is 0 Å². The van der Waals surface area contributed by atoms with Gasteiger partial charge in [-0.05, 0) is 25.7 Å². The van der Waals surface area contributed by atoms with Crippen LogP contribution < -0.4 is 0 Å². The molecular formula is C14H21NO6. The predicted octanol–water partition coefficient (Wildman–Crippen LogP) is 0.580. The maximum Gasteiger partial charge on any atom is 0.309 e. The summed E-state index contributed by atoms with van der Waals surface area (Å²) >= 11 is 0. The molecule has 118 valence electrons. The van der Waals surface area contributed by atoms with Crippen molar-refractivity contribution in [3.8, 4) is 0 Å². The van der Waals surface area contributed by atoms with Crippen molar-refractivity contribution in [1.29, 1.82) is 0 Å². The monoisotopic (exact) mass is 299 g/mol. The van der Waals surface area contributed by atoms with Crippen LogP contribution in [-0.2, 0) is 19.1 Å². The molecule has 0 spiro atoms. The van der Waals surface area contributed by atoms with Crippen LogP contribution in [0.5, 0.6) is 0 Å². The third-order valence-corrected chi connectivity index (χ3v) is 4.30. The van der Waals surface area contributed by atoms with Crippen LogP contribution in [0.2, 0.25) is 0 Å². The van der Waals surface area contributed by atoms with Crippen molar-refractivity contribution in [2.75, 3.05) is 19.7 Å². The van der Waals surface area contributed by atoms with E-state index in [-0.39, 0.29) is 25.0 Å². The number of carboxylic acids is 2. The standard InChI is InChI=1S/C14H21NO6/c16-12(4-3-9-2-1-7-21-9)15-6-5-10(13(17)18)11(8-15)14(19)20/h9-11H,1-8H2,(H,17,18)(H,19,20). The van der Waals surface area contributed by atoms with Crippen molar-refractivity contribution in [2.45, 2.75) is 38.2 Å². The lowest BCUT2D eigenvalue weighted by Crippen LogP contribution is -2.48. The van der Waals surface area contributed by atoms with Crippen LogP contribution in [0, 0.1) is 11.8 Å². The molecule has 0 aromatic heterocycles. The highest BCUT2D eigenvalue weighted by molar-refractivity contribution is 5.82. The average Bonchev–Trinajstić information content (AvgIpc) is 2.97. The Kier molecular flexibility index (Phi) is 5.17. The number of piperidine rings is 1. The van der Waals surface area contributed by atoms with Gasteiger partial charge in [-0.2, -0.15) is 0 Å². The van der Waals surface area contributed by atoms with Crippen LogP contribution in [0.1, 0.15) is 32.1 Å². The van der Waals surface area contributed by atoms with E-state index in [1.165, 1.54) is 4.90 Å². The Morgan fingerprint density at radius 1 is 1.10 bits per heavy atom. The quantitative estimate of drug-likeness (QED) is 0.769. The first kappa shape index (κ1) is 15.8. The number of carboxylic acid groups (broad SMARTS) is 2.